The standard InChI is InChI=1S/C11H17NO5S2/c1-9(12-18(2,13)14)11(17-19(3,15)16)10-7-5-4-6-8-10/h4-9,11-12H,1-3H3/t9-,11-/m0/s1. The summed E-state index contributed by atoms with van der Waals surface area (Å²) in [6, 6.07) is 7.86. The molecule has 0 aliphatic heterocycles. The Morgan fingerprint density at radius 3 is 2.00 bits per heavy atom. The van der Waals surface area contributed by atoms with E-state index in [4.69, 9.17) is 4.18 Å². The summed E-state index contributed by atoms with van der Waals surface area (Å²) in [5, 5.41) is 0. The molecule has 0 aromatic heterocycles. The molecule has 1 aromatic carbocycles. The first kappa shape index (κ1) is 16.1. The van der Waals surface area contributed by atoms with Gasteiger partial charge in [-0.15, -0.1) is 0 Å². The Labute approximate surface area is 114 Å². The second-order valence-electron chi connectivity index (χ2n) is 4.31. The maximum absolute atomic E-state index is 11.3. The Hall–Kier alpha value is -0.960. The van der Waals surface area contributed by atoms with Gasteiger partial charge < -0.3 is 0 Å². The first-order chi connectivity index (χ1) is 8.58. The molecule has 1 rings (SSSR count). The lowest BCUT2D eigenvalue weighted by molar-refractivity contribution is 0.182. The van der Waals surface area contributed by atoms with Gasteiger partial charge in [-0.25, -0.2) is 13.1 Å². The zero-order valence-electron chi connectivity index (χ0n) is 10.9. The largest absolute Gasteiger partial charge is 0.265 e. The summed E-state index contributed by atoms with van der Waals surface area (Å²) in [5.74, 6) is 0. The predicted octanol–water partition coefficient (Wildman–Crippen LogP) is 0.642. The van der Waals surface area contributed by atoms with Crippen molar-refractivity contribution in [3.05, 3.63) is 35.9 Å². The predicted molar refractivity (Wildman–Crippen MR) is 72.6 cm³/mol. The number of benzene rings is 1. The first-order valence-corrected chi connectivity index (χ1v) is 9.20. The van der Waals surface area contributed by atoms with Crippen LogP contribution in [0.15, 0.2) is 30.3 Å². The molecular weight excluding hydrogens is 290 g/mol. The van der Waals surface area contributed by atoms with Crippen molar-refractivity contribution in [1.29, 1.82) is 0 Å². The highest BCUT2D eigenvalue weighted by Crippen LogP contribution is 2.23. The average molecular weight is 307 g/mol. The Bertz CT molecular complexity index is 610. The van der Waals surface area contributed by atoms with Gasteiger partial charge >= 0.3 is 0 Å². The van der Waals surface area contributed by atoms with Crippen LogP contribution in [0.2, 0.25) is 0 Å². The Kier molecular flexibility index (Phi) is 5.08. The first-order valence-electron chi connectivity index (χ1n) is 5.49. The Balaban J connectivity index is 3.06. The van der Waals surface area contributed by atoms with Crippen molar-refractivity contribution in [2.45, 2.75) is 19.1 Å². The lowest BCUT2D eigenvalue weighted by Gasteiger charge is -2.23. The molecule has 0 saturated carbocycles. The maximum Gasteiger partial charge on any atom is 0.265 e. The van der Waals surface area contributed by atoms with Gasteiger partial charge in [0.2, 0.25) is 10.0 Å². The van der Waals surface area contributed by atoms with Gasteiger partial charge in [0.05, 0.1) is 18.6 Å². The smallest absolute Gasteiger partial charge is 0.260 e. The molecule has 0 unspecified atom stereocenters. The average Bonchev–Trinajstić information content (AvgIpc) is 2.23. The quantitative estimate of drug-likeness (QED) is 0.779. The van der Waals surface area contributed by atoms with E-state index in [-0.39, 0.29) is 0 Å². The lowest BCUT2D eigenvalue weighted by Crippen LogP contribution is -2.38. The van der Waals surface area contributed by atoms with Crippen molar-refractivity contribution in [2.24, 2.45) is 0 Å². The van der Waals surface area contributed by atoms with Crippen LogP contribution < -0.4 is 4.72 Å². The zero-order chi connectivity index (χ0) is 14.7. The van der Waals surface area contributed by atoms with Gasteiger partial charge in [-0.3, -0.25) is 4.18 Å². The van der Waals surface area contributed by atoms with E-state index in [9.17, 15) is 16.8 Å². The number of nitrogens with one attached hydrogen (secondary N) is 1. The fraction of sp³-hybridized carbons (Fsp3) is 0.455. The van der Waals surface area contributed by atoms with E-state index < -0.39 is 32.3 Å². The molecular formula is C11H17NO5S2. The minimum atomic E-state index is -3.71. The fourth-order valence-electron chi connectivity index (χ4n) is 1.66. The van der Waals surface area contributed by atoms with E-state index in [0.717, 1.165) is 12.5 Å². The highest BCUT2D eigenvalue weighted by Gasteiger charge is 2.26. The molecule has 0 spiro atoms. The molecule has 0 heterocycles. The van der Waals surface area contributed by atoms with Crippen molar-refractivity contribution >= 4 is 20.1 Å². The molecule has 108 valence electrons. The third-order valence-electron chi connectivity index (χ3n) is 2.26. The van der Waals surface area contributed by atoms with Gasteiger partial charge in [-0.2, -0.15) is 8.42 Å². The fourth-order valence-corrected chi connectivity index (χ4v) is 3.11. The Morgan fingerprint density at radius 1 is 1.05 bits per heavy atom. The summed E-state index contributed by atoms with van der Waals surface area (Å²) in [4.78, 5) is 0. The van der Waals surface area contributed by atoms with Gasteiger partial charge in [-0.05, 0) is 12.5 Å². The van der Waals surface area contributed by atoms with Crippen LogP contribution in [0.25, 0.3) is 0 Å². The van der Waals surface area contributed by atoms with Crippen molar-refractivity contribution in [3.63, 3.8) is 0 Å². The molecule has 1 aromatic rings. The van der Waals surface area contributed by atoms with Gasteiger partial charge in [0.1, 0.15) is 6.10 Å². The number of hydrogen-bond donors (Lipinski definition) is 1. The van der Waals surface area contributed by atoms with E-state index in [0.29, 0.717) is 5.56 Å². The summed E-state index contributed by atoms with van der Waals surface area (Å²) in [5.41, 5.74) is 0.580. The number of hydrogen-bond acceptors (Lipinski definition) is 5. The maximum atomic E-state index is 11.3. The van der Waals surface area contributed by atoms with Crippen molar-refractivity contribution < 1.29 is 21.0 Å². The van der Waals surface area contributed by atoms with Crippen LogP contribution in [0.5, 0.6) is 0 Å². The highest BCUT2D eigenvalue weighted by molar-refractivity contribution is 7.88. The molecule has 0 saturated heterocycles. The molecule has 2 atom stereocenters. The van der Waals surface area contributed by atoms with E-state index in [1.54, 1.807) is 37.3 Å². The monoisotopic (exact) mass is 307 g/mol. The summed E-state index contributed by atoms with van der Waals surface area (Å²) >= 11 is 0. The van der Waals surface area contributed by atoms with E-state index in [1.807, 2.05) is 0 Å². The summed E-state index contributed by atoms with van der Waals surface area (Å²) in [7, 11) is -7.16. The molecule has 0 aliphatic carbocycles. The van der Waals surface area contributed by atoms with Gasteiger partial charge in [0.25, 0.3) is 10.1 Å². The third-order valence-corrected chi connectivity index (χ3v) is 3.62. The minimum absolute atomic E-state index is 0.580. The van der Waals surface area contributed by atoms with E-state index in [2.05, 4.69) is 4.72 Å². The van der Waals surface area contributed by atoms with Crippen LogP contribution in [-0.2, 0) is 24.3 Å². The van der Waals surface area contributed by atoms with Crippen LogP contribution in [0, 0.1) is 0 Å². The Morgan fingerprint density at radius 2 is 1.58 bits per heavy atom. The minimum Gasteiger partial charge on any atom is -0.260 e. The van der Waals surface area contributed by atoms with E-state index in [1.165, 1.54) is 0 Å². The molecule has 6 nitrogen and oxygen atoms in total. The third kappa shape index (κ3) is 6.15. The van der Waals surface area contributed by atoms with Gasteiger partial charge in [0, 0.05) is 0 Å². The number of sulfonamides is 1. The second kappa shape index (κ2) is 6.00. The van der Waals surface area contributed by atoms with Gasteiger partial charge in [0.15, 0.2) is 0 Å². The lowest BCUT2D eigenvalue weighted by atomic mass is 10.0. The van der Waals surface area contributed by atoms with Crippen molar-refractivity contribution in [2.75, 3.05) is 12.5 Å². The van der Waals surface area contributed by atoms with E-state index >= 15 is 0 Å². The zero-order valence-corrected chi connectivity index (χ0v) is 12.5. The summed E-state index contributed by atoms with van der Waals surface area (Å²) in [6.45, 7) is 1.55. The molecule has 0 amide bonds. The van der Waals surface area contributed by atoms with Crippen molar-refractivity contribution in [1.82, 2.24) is 4.72 Å². The molecule has 8 heteroatoms. The van der Waals surface area contributed by atoms with Crippen LogP contribution in [0.3, 0.4) is 0 Å². The van der Waals surface area contributed by atoms with Crippen molar-refractivity contribution in [3.8, 4) is 0 Å². The molecule has 0 radical (unpaired) electrons. The highest BCUT2D eigenvalue weighted by atomic mass is 32.2. The van der Waals surface area contributed by atoms with Crippen LogP contribution in [0.1, 0.15) is 18.6 Å². The number of rotatable bonds is 6. The normalized spacial score (nSPS) is 15.9. The van der Waals surface area contributed by atoms with Crippen LogP contribution >= 0.6 is 0 Å². The molecule has 0 bridgehead atoms. The topological polar surface area (TPSA) is 89.5 Å². The van der Waals surface area contributed by atoms with Crippen LogP contribution in [0.4, 0.5) is 0 Å². The van der Waals surface area contributed by atoms with Gasteiger partial charge in [-0.1, -0.05) is 30.3 Å². The molecule has 0 fully saturated rings. The summed E-state index contributed by atoms with van der Waals surface area (Å²) in [6.07, 6.45) is 1.02. The summed E-state index contributed by atoms with van der Waals surface area (Å²) < 4.78 is 52.3. The molecule has 0 aliphatic rings. The molecule has 19 heavy (non-hydrogen) atoms. The second-order valence-corrected chi connectivity index (χ2v) is 7.69. The SMILES string of the molecule is C[C@H](NS(C)(=O)=O)[C@H](OS(C)(=O)=O)c1ccccc1. The molecule has 1 N–H and O–H groups in total. The van der Waals surface area contributed by atoms with Crippen LogP contribution in [-0.4, -0.2) is 35.4 Å².